The Kier molecular flexibility index (Phi) is 8.60. The minimum absolute atomic E-state index is 0.0494. The molecule has 3 rings (SSSR count). The molecule has 2 atom stereocenters. The van der Waals surface area contributed by atoms with Gasteiger partial charge < -0.3 is 26.0 Å². The number of anilines is 2. The van der Waals surface area contributed by atoms with Crippen LogP contribution in [-0.2, 0) is 9.53 Å². The van der Waals surface area contributed by atoms with Gasteiger partial charge in [0.2, 0.25) is 6.41 Å². The second-order valence-electron chi connectivity index (χ2n) is 7.81. The van der Waals surface area contributed by atoms with Gasteiger partial charge in [-0.05, 0) is 39.7 Å². The Morgan fingerprint density at radius 1 is 1.34 bits per heavy atom. The minimum atomic E-state index is -0.461. The van der Waals surface area contributed by atoms with Crippen LogP contribution in [-0.4, -0.2) is 66.1 Å². The van der Waals surface area contributed by atoms with Crippen molar-refractivity contribution in [2.45, 2.75) is 64.3 Å². The standard InChI is InChI=1S/C18H31N7O2.C2H6/c1-18(20)5-8-25(9-6-18)14-10-22-15(16(19)23-14)17(21-2)27-13-4-3-7-24(11-13)12-26;1-2/h10,12-13,17,21H,3-9,11,20H2,1-2H3,(H2,19,23);1-2H3. The maximum Gasteiger partial charge on any atom is 0.209 e. The van der Waals surface area contributed by atoms with E-state index in [0.717, 1.165) is 57.5 Å². The van der Waals surface area contributed by atoms with Gasteiger partial charge in [0.15, 0.2) is 12.0 Å². The summed E-state index contributed by atoms with van der Waals surface area (Å²) in [4.78, 5) is 24.0. The van der Waals surface area contributed by atoms with Crippen LogP contribution in [0.1, 0.15) is 58.4 Å². The maximum atomic E-state index is 11.0. The summed E-state index contributed by atoms with van der Waals surface area (Å²) in [5.74, 6) is 1.13. The van der Waals surface area contributed by atoms with Crippen LogP contribution in [0.3, 0.4) is 0 Å². The fourth-order valence-corrected chi connectivity index (χ4v) is 3.64. The van der Waals surface area contributed by atoms with E-state index in [4.69, 9.17) is 16.2 Å². The Morgan fingerprint density at radius 3 is 2.62 bits per heavy atom. The van der Waals surface area contributed by atoms with Crippen LogP contribution < -0.4 is 21.7 Å². The summed E-state index contributed by atoms with van der Waals surface area (Å²) < 4.78 is 6.13. The molecule has 9 nitrogen and oxygen atoms in total. The van der Waals surface area contributed by atoms with E-state index in [2.05, 4.69) is 27.1 Å². The smallest absolute Gasteiger partial charge is 0.209 e. The third kappa shape index (κ3) is 6.25. The summed E-state index contributed by atoms with van der Waals surface area (Å²) in [5, 5.41) is 3.11. The molecular weight excluding hydrogens is 370 g/mol. The van der Waals surface area contributed by atoms with Gasteiger partial charge in [0, 0.05) is 31.7 Å². The Labute approximate surface area is 174 Å². The van der Waals surface area contributed by atoms with E-state index in [9.17, 15) is 4.79 Å². The molecule has 0 saturated carbocycles. The van der Waals surface area contributed by atoms with Gasteiger partial charge in [-0.2, -0.15) is 0 Å². The number of nitrogens with one attached hydrogen (secondary N) is 1. The van der Waals surface area contributed by atoms with Crippen LogP contribution >= 0.6 is 0 Å². The highest BCUT2D eigenvalue weighted by Gasteiger charge is 2.28. The van der Waals surface area contributed by atoms with Gasteiger partial charge in [0.05, 0.1) is 12.3 Å². The van der Waals surface area contributed by atoms with Crippen molar-refractivity contribution in [2.24, 2.45) is 5.73 Å². The third-order valence-corrected chi connectivity index (χ3v) is 5.44. The highest BCUT2D eigenvalue weighted by atomic mass is 16.5. The van der Waals surface area contributed by atoms with Crippen LogP contribution in [0.4, 0.5) is 11.6 Å². The second kappa shape index (κ2) is 10.7. The van der Waals surface area contributed by atoms with Crippen molar-refractivity contribution in [3.63, 3.8) is 0 Å². The van der Waals surface area contributed by atoms with E-state index in [1.54, 1.807) is 18.1 Å². The normalized spacial score (nSPS) is 22.4. The SMILES string of the molecule is CC.CNC(OC1CCCN(C=O)C1)c1ncc(N2CCC(C)(N)CC2)nc1N. The lowest BCUT2D eigenvalue weighted by Gasteiger charge is -2.37. The first-order chi connectivity index (χ1) is 13.9. The lowest BCUT2D eigenvalue weighted by atomic mass is 9.91. The zero-order chi connectivity index (χ0) is 21.4. The highest BCUT2D eigenvalue weighted by Crippen LogP contribution is 2.27. The van der Waals surface area contributed by atoms with Crippen LogP contribution in [0.5, 0.6) is 0 Å². The predicted octanol–water partition coefficient (Wildman–Crippen LogP) is 1.26. The number of carbonyl (C=O) groups is 1. The van der Waals surface area contributed by atoms with Crippen LogP contribution in [0.25, 0.3) is 0 Å². The average molecular weight is 408 g/mol. The number of hydrogen-bond donors (Lipinski definition) is 3. The molecule has 2 saturated heterocycles. The fourth-order valence-electron chi connectivity index (χ4n) is 3.64. The molecule has 29 heavy (non-hydrogen) atoms. The molecule has 0 spiro atoms. The minimum Gasteiger partial charge on any atom is -0.382 e. The van der Waals surface area contributed by atoms with Crippen molar-refractivity contribution in [1.29, 1.82) is 0 Å². The molecule has 1 amide bonds. The molecule has 0 radical (unpaired) electrons. The molecule has 0 aromatic carbocycles. The second-order valence-corrected chi connectivity index (χ2v) is 7.81. The summed E-state index contributed by atoms with van der Waals surface area (Å²) in [6.07, 6.45) is 5.76. The third-order valence-electron chi connectivity index (χ3n) is 5.44. The van der Waals surface area contributed by atoms with Crippen molar-refractivity contribution in [1.82, 2.24) is 20.2 Å². The fraction of sp³-hybridized carbons (Fsp3) is 0.750. The lowest BCUT2D eigenvalue weighted by Crippen LogP contribution is -2.48. The van der Waals surface area contributed by atoms with Crippen molar-refractivity contribution in [3.05, 3.63) is 11.9 Å². The first-order valence-electron chi connectivity index (χ1n) is 10.6. The molecule has 5 N–H and O–H groups in total. The molecule has 1 aromatic rings. The van der Waals surface area contributed by atoms with Gasteiger partial charge >= 0.3 is 0 Å². The van der Waals surface area contributed by atoms with E-state index in [-0.39, 0.29) is 11.6 Å². The number of aromatic nitrogens is 2. The van der Waals surface area contributed by atoms with E-state index in [1.807, 2.05) is 13.8 Å². The number of likely N-dealkylation sites (tertiary alicyclic amines) is 1. The molecule has 9 heteroatoms. The Balaban J connectivity index is 0.00000145. The average Bonchev–Trinajstić information content (AvgIpc) is 2.74. The molecule has 164 valence electrons. The Bertz CT molecular complexity index is 646. The molecule has 0 bridgehead atoms. The number of nitrogen functional groups attached to an aromatic ring is 1. The number of ether oxygens (including phenoxy) is 1. The van der Waals surface area contributed by atoms with E-state index in [0.29, 0.717) is 18.1 Å². The summed E-state index contributed by atoms with van der Waals surface area (Å²) in [7, 11) is 1.80. The number of carbonyl (C=O) groups excluding carboxylic acids is 1. The van der Waals surface area contributed by atoms with Crippen molar-refractivity contribution in [3.8, 4) is 0 Å². The number of nitrogens with zero attached hydrogens (tertiary/aromatic N) is 4. The van der Waals surface area contributed by atoms with Gasteiger partial charge in [-0.3, -0.25) is 10.1 Å². The molecule has 2 aliphatic rings. The molecule has 2 aliphatic heterocycles. The maximum absolute atomic E-state index is 11.0. The molecule has 2 unspecified atom stereocenters. The summed E-state index contributed by atoms with van der Waals surface area (Å²) in [6, 6.07) is 0. The van der Waals surface area contributed by atoms with Gasteiger partial charge in [-0.1, -0.05) is 13.8 Å². The molecule has 2 fully saturated rings. The van der Waals surface area contributed by atoms with Crippen molar-refractivity contribution < 1.29 is 9.53 Å². The predicted molar refractivity (Wildman–Crippen MR) is 115 cm³/mol. The number of piperidine rings is 2. The van der Waals surface area contributed by atoms with Crippen LogP contribution in [0, 0.1) is 0 Å². The van der Waals surface area contributed by atoms with Gasteiger partial charge in [-0.15, -0.1) is 0 Å². The van der Waals surface area contributed by atoms with Gasteiger partial charge in [0.1, 0.15) is 11.5 Å². The Hall–Kier alpha value is -1.97. The quantitative estimate of drug-likeness (QED) is 0.476. The largest absolute Gasteiger partial charge is 0.382 e. The number of rotatable bonds is 6. The monoisotopic (exact) mass is 407 g/mol. The Morgan fingerprint density at radius 2 is 2.03 bits per heavy atom. The summed E-state index contributed by atoms with van der Waals surface area (Å²) >= 11 is 0. The molecule has 3 heterocycles. The van der Waals surface area contributed by atoms with E-state index in [1.165, 1.54) is 0 Å². The van der Waals surface area contributed by atoms with E-state index >= 15 is 0 Å². The molecule has 0 aliphatic carbocycles. The van der Waals surface area contributed by atoms with Crippen molar-refractivity contribution in [2.75, 3.05) is 43.9 Å². The van der Waals surface area contributed by atoms with Gasteiger partial charge in [0.25, 0.3) is 0 Å². The van der Waals surface area contributed by atoms with Crippen LogP contribution in [0.15, 0.2) is 6.20 Å². The lowest BCUT2D eigenvalue weighted by molar-refractivity contribution is -0.124. The first kappa shape index (κ1) is 23.3. The van der Waals surface area contributed by atoms with Crippen LogP contribution in [0.2, 0.25) is 0 Å². The number of nitrogens with two attached hydrogens (primary N) is 2. The molecule has 1 aromatic heterocycles. The number of hydrogen-bond acceptors (Lipinski definition) is 8. The summed E-state index contributed by atoms with van der Waals surface area (Å²) in [6.45, 7) is 9.13. The first-order valence-corrected chi connectivity index (χ1v) is 10.6. The van der Waals surface area contributed by atoms with Crippen molar-refractivity contribution >= 4 is 18.0 Å². The zero-order valence-corrected chi connectivity index (χ0v) is 18.2. The van der Waals surface area contributed by atoms with E-state index < -0.39 is 6.23 Å². The van der Waals surface area contributed by atoms with Gasteiger partial charge in [-0.25, -0.2) is 9.97 Å². The summed E-state index contributed by atoms with van der Waals surface area (Å²) in [5.41, 5.74) is 12.9. The highest BCUT2D eigenvalue weighted by molar-refractivity contribution is 5.47. The topological polar surface area (TPSA) is 123 Å². The number of amides is 1. The molecular formula is C20H37N7O2. The zero-order valence-electron chi connectivity index (χ0n) is 18.2.